The van der Waals surface area contributed by atoms with Crippen molar-refractivity contribution in [3.8, 4) is 5.75 Å². The first-order chi connectivity index (χ1) is 15.0. The van der Waals surface area contributed by atoms with Crippen LogP contribution in [0.5, 0.6) is 5.75 Å². The van der Waals surface area contributed by atoms with Gasteiger partial charge in [0.25, 0.3) is 0 Å². The van der Waals surface area contributed by atoms with Gasteiger partial charge >= 0.3 is 18.2 Å². The third-order valence-corrected chi connectivity index (χ3v) is 4.11. The highest BCUT2D eigenvalue weighted by molar-refractivity contribution is 7.14. The van der Waals surface area contributed by atoms with E-state index in [1.54, 1.807) is 27.7 Å². The van der Waals surface area contributed by atoms with Gasteiger partial charge in [0.05, 0.1) is 12.3 Å². The van der Waals surface area contributed by atoms with Crippen LogP contribution < -0.4 is 20.5 Å². The number of hydrazine groups is 1. The van der Waals surface area contributed by atoms with E-state index in [2.05, 4.69) is 15.7 Å². The molecule has 0 saturated heterocycles. The highest BCUT2D eigenvalue weighted by atomic mass is 32.1. The number of hydrogen-bond donors (Lipinski definition) is 2. The SMILES string of the molecule is CCOC(=O)NN(C(=O)OC(C)(C)C)c1ccc(OC(=O)c2csc(NC(C)=O)n2)cc1. The van der Waals surface area contributed by atoms with E-state index >= 15 is 0 Å². The smallest absolute Gasteiger partial charge is 0.434 e. The normalized spacial score (nSPS) is 10.7. The van der Waals surface area contributed by atoms with E-state index in [0.29, 0.717) is 0 Å². The number of thiazole rings is 1. The summed E-state index contributed by atoms with van der Waals surface area (Å²) in [6.07, 6.45) is -1.67. The van der Waals surface area contributed by atoms with E-state index in [0.717, 1.165) is 16.3 Å². The molecule has 2 rings (SSSR count). The van der Waals surface area contributed by atoms with Crippen LogP contribution in [0, 0.1) is 0 Å². The van der Waals surface area contributed by atoms with Gasteiger partial charge in [0.1, 0.15) is 11.4 Å². The van der Waals surface area contributed by atoms with Crippen LogP contribution >= 0.6 is 11.3 Å². The van der Waals surface area contributed by atoms with Crippen molar-refractivity contribution < 1.29 is 33.4 Å². The van der Waals surface area contributed by atoms with Crippen LogP contribution in [-0.4, -0.2) is 41.3 Å². The molecule has 32 heavy (non-hydrogen) atoms. The summed E-state index contributed by atoms with van der Waals surface area (Å²) in [4.78, 5) is 51.7. The second-order valence-electron chi connectivity index (χ2n) is 7.25. The molecule has 0 spiro atoms. The molecule has 0 saturated carbocycles. The second-order valence-corrected chi connectivity index (χ2v) is 8.11. The number of carbonyl (C=O) groups excluding carboxylic acids is 4. The summed E-state index contributed by atoms with van der Waals surface area (Å²) in [5.41, 5.74) is 1.78. The Labute approximate surface area is 188 Å². The van der Waals surface area contributed by atoms with Crippen molar-refractivity contribution in [2.75, 3.05) is 16.9 Å². The molecule has 0 bridgehead atoms. The average molecular weight is 465 g/mol. The molecule has 0 aliphatic rings. The van der Waals surface area contributed by atoms with E-state index in [1.165, 1.54) is 36.6 Å². The fourth-order valence-electron chi connectivity index (χ4n) is 2.18. The molecule has 2 N–H and O–H groups in total. The first kappa shape index (κ1) is 24.6. The number of amides is 3. The van der Waals surface area contributed by atoms with E-state index < -0.39 is 23.8 Å². The summed E-state index contributed by atoms with van der Waals surface area (Å²) in [7, 11) is 0. The number of aromatic nitrogens is 1. The third-order valence-electron chi connectivity index (χ3n) is 3.36. The zero-order valence-electron chi connectivity index (χ0n) is 18.3. The minimum atomic E-state index is -0.840. The van der Waals surface area contributed by atoms with Gasteiger partial charge in [-0.25, -0.2) is 24.8 Å². The summed E-state index contributed by atoms with van der Waals surface area (Å²) in [6, 6.07) is 5.75. The Morgan fingerprint density at radius 3 is 2.34 bits per heavy atom. The monoisotopic (exact) mass is 464 g/mol. The molecule has 0 aliphatic heterocycles. The highest BCUT2D eigenvalue weighted by Crippen LogP contribution is 2.22. The van der Waals surface area contributed by atoms with E-state index in [9.17, 15) is 19.2 Å². The molecule has 1 heterocycles. The molecule has 3 amide bonds. The van der Waals surface area contributed by atoms with Crippen LogP contribution in [0.3, 0.4) is 0 Å². The highest BCUT2D eigenvalue weighted by Gasteiger charge is 2.26. The van der Waals surface area contributed by atoms with Crippen LogP contribution in [0.2, 0.25) is 0 Å². The molecule has 2 aromatic rings. The predicted molar refractivity (Wildman–Crippen MR) is 117 cm³/mol. The lowest BCUT2D eigenvalue weighted by Gasteiger charge is -2.27. The number of nitrogens with zero attached hydrogens (tertiary/aromatic N) is 2. The van der Waals surface area contributed by atoms with Gasteiger partial charge in [-0.3, -0.25) is 4.79 Å². The first-order valence-electron chi connectivity index (χ1n) is 9.50. The summed E-state index contributed by atoms with van der Waals surface area (Å²) in [6.45, 7) is 8.13. The van der Waals surface area contributed by atoms with Gasteiger partial charge in [0.15, 0.2) is 10.8 Å². The third kappa shape index (κ3) is 7.54. The summed E-state index contributed by atoms with van der Waals surface area (Å²) in [5, 5.41) is 5.10. The zero-order chi connectivity index (χ0) is 23.9. The lowest BCUT2D eigenvalue weighted by Crippen LogP contribution is -2.48. The fourth-order valence-corrected chi connectivity index (χ4v) is 2.90. The molecular formula is C20H24N4O7S. The number of anilines is 2. The molecule has 0 fully saturated rings. The Morgan fingerprint density at radius 1 is 1.12 bits per heavy atom. The van der Waals surface area contributed by atoms with Gasteiger partial charge in [0, 0.05) is 12.3 Å². The van der Waals surface area contributed by atoms with Gasteiger partial charge in [-0.2, -0.15) is 5.01 Å². The van der Waals surface area contributed by atoms with E-state index in [1.807, 2.05) is 0 Å². The quantitative estimate of drug-likeness (QED) is 0.388. The maximum atomic E-state index is 12.5. The van der Waals surface area contributed by atoms with Crippen molar-refractivity contribution in [1.29, 1.82) is 0 Å². The zero-order valence-corrected chi connectivity index (χ0v) is 19.1. The topological polar surface area (TPSA) is 136 Å². The van der Waals surface area contributed by atoms with E-state index in [4.69, 9.17) is 14.2 Å². The van der Waals surface area contributed by atoms with Gasteiger partial charge < -0.3 is 19.5 Å². The number of benzene rings is 1. The average Bonchev–Trinajstić information content (AvgIpc) is 3.13. The number of nitrogens with one attached hydrogen (secondary N) is 2. The van der Waals surface area contributed by atoms with Crippen LogP contribution in [0.1, 0.15) is 45.1 Å². The summed E-state index contributed by atoms with van der Waals surface area (Å²) in [5.74, 6) is -0.854. The van der Waals surface area contributed by atoms with Crippen molar-refractivity contribution in [3.63, 3.8) is 0 Å². The number of carbonyl (C=O) groups is 4. The number of esters is 1. The van der Waals surface area contributed by atoms with Crippen molar-refractivity contribution in [2.45, 2.75) is 40.2 Å². The number of rotatable bonds is 5. The molecule has 0 aliphatic carbocycles. The Balaban J connectivity index is 2.14. The fraction of sp³-hybridized carbons (Fsp3) is 0.350. The van der Waals surface area contributed by atoms with Crippen LogP contribution in [-0.2, 0) is 14.3 Å². The molecule has 0 radical (unpaired) electrons. The minimum Gasteiger partial charge on any atom is -0.449 e. The van der Waals surface area contributed by atoms with Crippen molar-refractivity contribution in [1.82, 2.24) is 10.4 Å². The number of ether oxygens (including phenoxy) is 3. The summed E-state index contributed by atoms with van der Waals surface area (Å²) < 4.78 is 15.4. The summed E-state index contributed by atoms with van der Waals surface area (Å²) >= 11 is 1.09. The van der Waals surface area contributed by atoms with Crippen LogP contribution in [0.25, 0.3) is 0 Å². The maximum Gasteiger partial charge on any atom is 0.434 e. The lowest BCUT2D eigenvalue weighted by atomic mass is 10.2. The van der Waals surface area contributed by atoms with Gasteiger partial charge in [-0.05, 0) is 52.0 Å². The molecule has 1 aromatic carbocycles. The Morgan fingerprint density at radius 2 is 1.78 bits per heavy atom. The van der Waals surface area contributed by atoms with Crippen molar-refractivity contribution in [3.05, 3.63) is 35.3 Å². The largest absolute Gasteiger partial charge is 0.449 e. The number of hydrogen-bond acceptors (Lipinski definition) is 9. The Hall–Kier alpha value is -3.67. The standard InChI is InChI=1S/C20H24N4O7S/c1-6-29-18(27)23-24(19(28)31-20(3,4)5)13-7-9-14(10-8-13)30-16(26)15-11-32-17(22-15)21-12(2)25/h7-11H,6H2,1-5H3,(H,23,27)(H,21,22,25). The second kappa shape index (κ2) is 10.6. The minimum absolute atomic E-state index is 0.0298. The molecule has 0 unspecified atom stereocenters. The van der Waals surface area contributed by atoms with Crippen molar-refractivity contribution >= 4 is 46.2 Å². The lowest BCUT2D eigenvalue weighted by molar-refractivity contribution is -0.114. The molecule has 0 atom stereocenters. The van der Waals surface area contributed by atoms with Gasteiger partial charge in [-0.15, -0.1) is 11.3 Å². The van der Waals surface area contributed by atoms with Crippen molar-refractivity contribution in [2.24, 2.45) is 0 Å². The van der Waals surface area contributed by atoms with E-state index in [-0.39, 0.29) is 34.8 Å². The predicted octanol–water partition coefficient (Wildman–Crippen LogP) is 3.72. The molecule has 11 nitrogen and oxygen atoms in total. The van der Waals surface area contributed by atoms with Gasteiger partial charge in [-0.1, -0.05) is 0 Å². The molecule has 172 valence electrons. The Kier molecular flexibility index (Phi) is 8.13. The van der Waals surface area contributed by atoms with Gasteiger partial charge in [0.2, 0.25) is 5.91 Å². The maximum absolute atomic E-state index is 12.5. The molecule has 1 aromatic heterocycles. The Bertz CT molecular complexity index is 983. The molecule has 12 heteroatoms. The van der Waals surface area contributed by atoms with Crippen LogP contribution in [0.4, 0.5) is 20.4 Å². The molecular weight excluding hydrogens is 440 g/mol. The first-order valence-corrected chi connectivity index (χ1v) is 10.4. The van der Waals surface area contributed by atoms with Crippen LogP contribution in [0.15, 0.2) is 29.6 Å².